The highest BCUT2D eigenvalue weighted by atomic mass is 79.9. The molecule has 1 N–H and O–H groups in total. The fourth-order valence-corrected chi connectivity index (χ4v) is 4.61. The first kappa shape index (κ1) is 23.1. The Morgan fingerprint density at radius 3 is 2.27 bits per heavy atom. The fourth-order valence-electron chi connectivity index (χ4n) is 4.04. The van der Waals surface area contributed by atoms with E-state index in [1.165, 1.54) is 0 Å². The minimum Gasteiger partial charge on any atom is -0.482 e. The van der Waals surface area contributed by atoms with Crippen LogP contribution in [0.3, 0.4) is 0 Å². The molecule has 0 saturated heterocycles. The number of carbonyl (C=O) groups excluding carboxylic acids is 2. The van der Waals surface area contributed by atoms with Gasteiger partial charge in [-0.15, -0.1) is 0 Å². The van der Waals surface area contributed by atoms with Gasteiger partial charge >= 0.3 is 0 Å². The summed E-state index contributed by atoms with van der Waals surface area (Å²) in [6, 6.07) is 15.0. The SMILES string of the molecule is CC(=O)c1c(C)n(-c2ccc(Cl)cc2)c2cc(Br)c(OCC(=O)Nn3c(C)ccc3C)cc12. The van der Waals surface area contributed by atoms with E-state index in [2.05, 4.69) is 21.4 Å². The van der Waals surface area contributed by atoms with Crippen LogP contribution in [0.4, 0.5) is 0 Å². The largest absolute Gasteiger partial charge is 0.482 e. The third kappa shape index (κ3) is 4.43. The molecule has 8 heteroatoms. The molecule has 2 aromatic carbocycles. The van der Waals surface area contributed by atoms with Crippen molar-refractivity contribution in [1.82, 2.24) is 9.24 Å². The van der Waals surface area contributed by atoms with Crippen LogP contribution in [0.1, 0.15) is 34.4 Å². The molecule has 0 fully saturated rings. The van der Waals surface area contributed by atoms with Crippen LogP contribution < -0.4 is 10.2 Å². The van der Waals surface area contributed by atoms with Gasteiger partial charge in [-0.2, -0.15) is 0 Å². The summed E-state index contributed by atoms with van der Waals surface area (Å²) in [6.45, 7) is 7.11. The maximum absolute atomic E-state index is 12.5. The lowest BCUT2D eigenvalue weighted by Gasteiger charge is -2.13. The van der Waals surface area contributed by atoms with E-state index in [9.17, 15) is 9.59 Å². The minimum absolute atomic E-state index is 0.0465. The summed E-state index contributed by atoms with van der Waals surface area (Å²) in [4.78, 5) is 25.0. The van der Waals surface area contributed by atoms with Crippen molar-refractivity contribution in [2.45, 2.75) is 27.7 Å². The van der Waals surface area contributed by atoms with Gasteiger partial charge in [0.2, 0.25) is 0 Å². The molecular formula is C25H23BrClN3O3. The van der Waals surface area contributed by atoms with Crippen LogP contribution in [-0.2, 0) is 4.79 Å². The van der Waals surface area contributed by atoms with Gasteiger partial charge in [0, 0.05) is 38.7 Å². The first-order chi connectivity index (χ1) is 15.7. The molecule has 33 heavy (non-hydrogen) atoms. The van der Waals surface area contributed by atoms with Crippen LogP contribution in [0.15, 0.2) is 53.0 Å². The van der Waals surface area contributed by atoms with Crippen molar-refractivity contribution in [1.29, 1.82) is 0 Å². The molecule has 0 saturated carbocycles. The lowest BCUT2D eigenvalue weighted by Crippen LogP contribution is -2.29. The standard InChI is InChI=1S/C25H23BrClN3O3/c1-14-5-6-15(2)30(14)28-24(32)13-33-23-11-20-22(12-21(23)26)29(16(3)25(20)17(4)31)19-9-7-18(27)8-10-19/h5-12H,13H2,1-4H3,(H,28,32). The molecule has 0 spiro atoms. The summed E-state index contributed by atoms with van der Waals surface area (Å²) >= 11 is 9.62. The highest BCUT2D eigenvalue weighted by Crippen LogP contribution is 2.37. The Morgan fingerprint density at radius 1 is 1.03 bits per heavy atom. The number of ether oxygens (including phenoxy) is 1. The number of amides is 1. The smallest absolute Gasteiger partial charge is 0.276 e. The Balaban J connectivity index is 1.69. The van der Waals surface area contributed by atoms with Crippen LogP contribution in [0, 0.1) is 20.8 Å². The maximum Gasteiger partial charge on any atom is 0.276 e. The van der Waals surface area contributed by atoms with Crippen LogP contribution in [0.2, 0.25) is 5.02 Å². The molecule has 1 amide bonds. The van der Waals surface area contributed by atoms with Crippen LogP contribution in [0.5, 0.6) is 5.75 Å². The van der Waals surface area contributed by atoms with Crippen molar-refractivity contribution >= 4 is 50.1 Å². The maximum atomic E-state index is 12.5. The number of halogens is 2. The molecule has 170 valence electrons. The number of hydrogen-bond donors (Lipinski definition) is 1. The second-order valence-corrected chi connectivity index (χ2v) is 9.19. The number of aryl methyl sites for hydroxylation is 2. The summed E-state index contributed by atoms with van der Waals surface area (Å²) in [5.74, 6) is 0.148. The van der Waals surface area contributed by atoms with Crippen LogP contribution in [0.25, 0.3) is 16.6 Å². The van der Waals surface area contributed by atoms with Crippen LogP contribution in [-0.4, -0.2) is 27.5 Å². The molecule has 0 atom stereocenters. The van der Waals surface area contributed by atoms with Crippen molar-refractivity contribution in [2.24, 2.45) is 0 Å². The molecule has 0 radical (unpaired) electrons. The highest BCUT2D eigenvalue weighted by Gasteiger charge is 2.21. The number of benzene rings is 2. The predicted molar refractivity (Wildman–Crippen MR) is 134 cm³/mol. The van der Waals surface area contributed by atoms with Gasteiger partial charge in [-0.05, 0) is 92.2 Å². The van der Waals surface area contributed by atoms with Gasteiger partial charge in [0.1, 0.15) is 5.75 Å². The average molecular weight is 529 g/mol. The zero-order valence-corrected chi connectivity index (χ0v) is 21.0. The van der Waals surface area contributed by atoms with Crippen molar-refractivity contribution in [3.8, 4) is 11.4 Å². The van der Waals surface area contributed by atoms with E-state index in [0.29, 0.717) is 20.8 Å². The van der Waals surface area contributed by atoms with E-state index in [4.69, 9.17) is 16.3 Å². The Morgan fingerprint density at radius 2 is 1.67 bits per heavy atom. The molecule has 0 aliphatic heterocycles. The van der Waals surface area contributed by atoms with Crippen molar-refractivity contribution < 1.29 is 14.3 Å². The normalized spacial score (nSPS) is 11.1. The Labute approximate surface area is 205 Å². The molecule has 2 heterocycles. The fraction of sp³-hybridized carbons (Fsp3) is 0.200. The molecule has 0 bridgehead atoms. The Kier molecular flexibility index (Phi) is 6.36. The topological polar surface area (TPSA) is 65.3 Å². The third-order valence-electron chi connectivity index (χ3n) is 5.56. The molecule has 0 unspecified atom stereocenters. The zero-order chi connectivity index (χ0) is 23.9. The second kappa shape index (κ2) is 9.08. The van der Waals surface area contributed by atoms with Crippen molar-refractivity contribution in [3.63, 3.8) is 0 Å². The molecule has 4 rings (SSSR count). The molecule has 4 aromatic rings. The number of fused-ring (bicyclic) bond motifs is 1. The van der Waals surface area contributed by atoms with E-state index in [1.54, 1.807) is 17.7 Å². The first-order valence-corrected chi connectivity index (χ1v) is 11.5. The number of carbonyl (C=O) groups is 2. The zero-order valence-electron chi connectivity index (χ0n) is 18.7. The first-order valence-electron chi connectivity index (χ1n) is 10.4. The van der Waals surface area contributed by atoms with E-state index in [1.807, 2.05) is 67.8 Å². The van der Waals surface area contributed by atoms with Gasteiger partial charge in [-0.3, -0.25) is 19.7 Å². The number of Topliss-reactive ketones (excluding diaryl/α,β-unsaturated/α-hetero) is 1. The quantitative estimate of drug-likeness (QED) is 0.306. The lowest BCUT2D eigenvalue weighted by atomic mass is 10.1. The Bertz CT molecular complexity index is 1370. The number of rotatable bonds is 6. The van der Waals surface area contributed by atoms with Gasteiger partial charge in [0.15, 0.2) is 12.4 Å². The number of nitrogens with zero attached hydrogens (tertiary/aromatic N) is 2. The summed E-state index contributed by atoms with van der Waals surface area (Å²) in [6.07, 6.45) is 0. The lowest BCUT2D eigenvalue weighted by molar-refractivity contribution is -0.119. The highest BCUT2D eigenvalue weighted by molar-refractivity contribution is 9.10. The average Bonchev–Trinajstić information content (AvgIpc) is 3.22. The van der Waals surface area contributed by atoms with Gasteiger partial charge in [-0.25, -0.2) is 0 Å². The van der Waals surface area contributed by atoms with Gasteiger partial charge in [0.25, 0.3) is 5.91 Å². The summed E-state index contributed by atoms with van der Waals surface area (Å²) in [5.41, 5.74) is 7.85. The third-order valence-corrected chi connectivity index (χ3v) is 6.43. The molecule has 2 aromatic heterocycles. The van der Waals surface area contributed by atoms with E-state index < -0.39 is 0 Å². The van der Waals surface area contributed by atoms with Crippen molar-refractivity contribution in [2.75, 3.05) is 12.0 Å². The molecule has 6 nitrogen and oxygen atoms in total. The van der Waals surface area contributed by atoms with Gasteiger partial charge in [0.05, 0.1) is 9.99 Å². The molecular weight excluding hydrogens is 506 g/mol. The summed E-state index contributed by atoms with van der Waals surface area (Å²) in [5, 5.41) is 1.39. The minimum atomic E-state index is -0.286. The monoisotopic (exact) mass is 527 g/mol. The van der Waals surface area contributed by atoms with Crippen LogP contribution >= 0.6 is 27.5 Å². The van der Waals surface area contributed by atoms with E-state index >= 15 is 0 Å². The van der Waals surface area contributed by atoms with E-state index in [-0.39, 0.29) is 18.3 Å². The summed E-state index contributed by atoms with van der Waals surface area (Å²) in [7, 11) is 0. The number of hydrogen-bond acceptors (Lipinski definition) is 3. The number of aromatic nitrogens is 2. The van der Waals surface area contributed by atoms with E-state index in [0.717, 1.165) is 33.7 Å². The molecule has 0 aliphatic carbocycles. The van der Waals surface area contributed by atoms with Crippen molar-refractivity contribution in [3.05, 3.63) is 80.7 Å². The second-order valence-electron chi connectivity index (χ2n) is 7.90. The number of ketones is 1. The predicted octanol–water partition coefficient (Wildman–Crippen LogP) is 6.12. The summed E-state index contributed by atoms with van der Waals surface area (Å²) < 4.78 is 10.2. The van der Waals surface area contributed by atoms with Gasteiger partial charge < -0.3 is 9.30 Å². The number of nitrogens with one attached hydrogen (secondary N) is 1. The Hall–Kier alpha value is -3.03. The van der Waals surface area contributed by atoms with Gasteiger partial charge in [-0.1, -0.05) is 11.6 Å². The molecule has 0 aliphatic rings.